The minimum atomic E-state index is -1.04. The molecule has 5 heteroatoms. The van der Waals surface area contributed by atoms with Crippen LogP contribution >= 0.6 is 0 Å². The van der Waals surface area contributed by atoms with Crippen molar-refractivity contribution in [1.82, 2.24) is 0 Å². The molecule has 0 saturated carbocycles. The van der Waals surface area contributed by atoms with Gasteiger partial charge in [0.2, 0.25) is 0 Å². The lowest BCUT2D eigenvalue weighted by molar-refractivity contribution is -0.188. The van der Waals surface area contributed by atoms with E-state index in [1.807, 2.05) is 32.0 Å². The number of rotatable bonds is 5. The first kappa shape index (κ1) is 22.2. The van der Waals surface area contributed by atoms with Crippen molar-refractivity contribution in [2.24, 2.45) is 0 Å². The highest BCUT2D eigenvalue weighted by molar-refractivity contribution is 6.15. The van der Waals surface area contributed by atoms with Gasteiger partial charge in [0.15, 0.2) is 23.1 Å². The Morgan fingerprint density at radius 3 is 2.23 bits per heavy atom. The summed E-state index contributed by atoms with van der Waals surface area (Å²) in [6.07, 6.45) is 1.15. The van der Waals surface area contributed by atoms with Gasteiger partial charge in [-0.1, -0.05) is 38.1 Å². The van der Waals surface area contributed by atoms with Crippen molar-refractivity contribution in [3.63, 3.8) is 0 Å². The van der Waals surface area contributed by atoms with Gasteiger partial charge >= 0.3 is 0 Å². The van der Waals surface area contributed by atoms with Gasteiger partial charge in [0.05, 0.1) is 7.11 Å². The maximum Gasteiger partial charge on any atom is 0.179 e. The van der Waals surface area contributed by atoms with E-state index in [1.54, 1.807) is 32.9 Å². The standard InChI is InChI=1S/C25H29FO4/c1-7-15-13-16(17-10-12-19(26)20(14-17)29-6)9-11-18(15)21-22(27)24(3,4)30-25(5,8-2)23(21)28/h9-14,21H,7-8H2,1-6H3. The first-order valence-electron chi connectivity index (χ1n) is 10.3. The summed E-state index contributed by atoms with van der Waals surface area (Å²) in [7, 11) is 1.43. The molecular weight excluding hydrogens is 383 g/mol. The van der Waals surface area contributed by atoms with Crippen molar-refractivity contribution in [2.45, 2.75) is 64.6 Å². The Hall–Kier alpha value is -2.53. The fourth-order valence-corrected chi connectivity index (χ4v) is 4.18. The zero-order valence-electron chi connectivity index (χ0n) is 18.5. The number of ether oxygens (including phenoxy) is 2. The second kappa shape index (κ2) is 7.95. The lowest BCUT2D eigenvalue weighted by atomic mass is 9.72. The lowest BCUT2D eigenvalue weighted by Gasteiger charge is -2.44. The molecule has 0 radical (unpaired) electrons. The van der Waals surface area contributed by atoms with Crippen molar-refractivity contribution in [3.05, 3.63) is 53.3 Å². The molecular formula is C25H29FO4. The summed E-state index contributed by atoms with van der Waals surface area (Å²) in [5.74, 6) is -1.52. The molecule has 0 aliphatic carbocycles. The van der Waals surface area contributed by atoms with Gasteiger partial charge in [-0.25, -0.2) is 4.39 Å². The molecule has 0 bridgehead atoms. The zero-order chi connectivity index (χ0) is 22.3. The predicted molar refractivity (Wildman–Crippen MR) is 114 cm³/mol. The highest BCUT2D eigenvalue weighted by Gasteiger charge is 2.54. The Morgan fingerprint density at radius 1 is 1.00 bits per heavy atom. The minimum absolute atomic E-state index is 0.171. The highest BCUT2D eigenvalue weighted by atomic mass is 19.1. The van der Waals surface area contributed by atoms with Crippen LogP contribution in [-0.2, 0) is 20.7 Å². The van der Waals surface area contributed by atoms with E-state index in [0.29, 0.717) is 12.8 Å². The smallest absolute Gasteiger partial charge is 0.179 e. The Labute approximate surface area is 177 Å². The van der Waals surface area contributed by atoms with Gasteiger partial charge in [-0.05, 0) is 68.0 Å². The number of hydrogen-bond donors (Lipinski definition) is 0. The minimum Gasteiger partial charge on any atom is -0.494 e. The van der Waals surface area contributed by atoms with Crippen LogP contribution in [0.25, 0.3) is 11.1 Å². The normalized spacial score (nSPS) is 23.5. The van der Waals surface area contributed by atoms with Crippen LogP contribution in [-0.4, -0.2) is 29.9 Å². The topological polar surface area (TPSA) is 52.6 Å². The van der Waals surface area contributed by atoms with Crippen molar-refractivity contribution in [2.75, 3.05) is 7.11 Å². The van der Waals surface area contributed by atoms with Crippen LogP contribution in [0.4, 0.5) is 4.39 Å². The van der Waals surface area contributed by atoms with Crippen molar-refractivity contribution in [3.8, 4) is 16.9 Å². The number of benzene rings is 2. The third kappa shape index (κ3) is 3.67. The molecule has 2 aromatic carbocycles. The largest absolute Gasteiger partial charge is 0.494 e. The fraction of sp³-hybridized carbons (Fsp3) is 0.440. The molecule has 0 aromatic heterocycles. The number of hydrogen-bond acceptors (Lipinski definition) is 4. The SMILES string of the molecule is CCc1cc(-c2ccc(F)c(OC)c2)ccc1C1C(=O)C(C)(C)OC(C)(CC)C1=O. The van der Waals surface area contributed by atoms with Crippen LogP contribution in [0, 0.1) is 5.82 Å². The predicted octanol–water partition coefficient (Wildman–Crippen LogP) is 5.26. The van der Waals surface area contributed by atoms with Gasteiger partial charge in [-0.2, -0.15) is 0 Å². The number of carbonyl (C=O) groups excluding carboxylic acids is 2. The second-order valence-electron chi connectivity index (χ2n) is 8.47. The molecule has 160 valence electrons. The van der Waals surface area contributed by atoms with Crippen LogP contribution in [0.1, 0.15) is 58.1 Å². The van der Waals surface area contributed by atoms with E-state index in [2.05, 4.69) is 0 Å². The van der Waals surface area contributed by atoms with Gasteiger partial charge in [0.25, 0.3) is 0 Å². The summed E-state index contributed by atoms with van der Waals surface area (Å²) in [6.45, 7) is 9.11. The molecule has 1 saturated heterocycles. The molecule has 30 heavy (non-hydrogen) atoms. The Balaban J connectivity index is 2.10. The Kier molecular flexibility index (Phi) is 5.87. The average molecular weight is 413 g/mol. The Bertz CT molecular complexity index is 995. The number of aryl methyl sites for hydroxylation is 1. The third-order valence-electron chi connectivity index (χ3n) is 6.11. The van der Waals surface area contributed by atoms with Crippen LogP contribution in [0.2, 0.25) is 0 Å². The molecule has 0 spiro atoms. The molecule has 2 aromatic rings. The monoisotopic (exact) mass is 412 g/mol. The number of Topliss-reactive ketones (excluding diaryl/α,β-unsaturated/α-hetero) is 2. The maximum absolute atomic E-state index is 13.8. The number of carbonyl (C=O) groups is 2. The van der Waals surface area contributed by atoms with E-state index in [-0.39, 0.29) is 17.3 Å². The van der Waals surface area contributed by atoms with Crippen LogP contribution in [0.15, 0.2) is 36.4 Å². The van der Waals surface area contributed by atoms with E-state index in [4.69, 9.17) is 9.47 Å². The molecule has 2 unspecified atom stereocenters. The third-order valence-corrected chi connectivity index (χ3v) is 6.11. The fourth-order valence-electron chi connectivity index (χ4n) is 4.18. The van der Waals surface area contributed by atoms with Crippen LogP contribution in [0.3, 0.4) is 0 Å². The number of ketones is 2. The van der Waals surface area contributed by atoms with E-state index in [1.165, 1.54) is 13.2 Å². The molecule has 2 atom stereocenters. The van der Waals surface area contributed by atoms with Gasteiger partial charge in [-0.15, -0.1) is 0 Å². The summed E-state index contributed by atoms with van der Waals surface area (Å²) in [6, 6.07) is 10.4. The molecule has 1 heterocycles. The average Bonchev–Trinajstić information content (AvgIpc) is 2.73. The number of methoxy groups -OCH3 is 1. The molecule has 3 rings (SSSR count). The summed E-state index contributed by atoms with van der Waals surface area (Å²) in [5, 5.41) is 0. The van der Waals surface area contributed by atoms with Crippen molar-refractivity contribution < 1.29 is 23.5 Å². The van der Waals surface area contributed by atoms with E-state index >= 15 is 0 Å². The van der Waals surface area contributed by atoms with Crippen LogP contribution < -0.4 is 4.74 Å². The molecule has 4 nitrogen and oxygen atoms in total. The van der Waals surface area contributed by atoms with E-state index < -0.39 is 22.9 Å². The van der Waals surface area contributed by atoms with Gasteiger partial charge in [0.1, 0.15) is 17.1 Å². The molecule has 0 amide bonds. The first-order valence-corrected chi connectivity index (χ1v) is 10.3. The van der Waals surface area contributed by atoms with Gasteiger partial charge < -0.3 is 9.47 Å². The molecule has 1 aliphatic heterocycles. The maximum atomic E-state index is 13.8. The Morgan fingerprint density at radius 2 is 1.63 bits per heavy atom. The van der Waals surface area contributed by atoms with E-state index in [9.17, 15) is 14.0 Å². The van der Waals surface area contributed by atoms with Crippen LogP contribution in [0.5, 0.6) is 5.75 Å². The summed E-state index contributed by atoms with van der Waals surface area (Å²) in [4.78, 5) is 26.5. The summed E-state index contributed by atoms with van der Waals surface area (Å²) >= 11 is 0. The summed E-state index contributed by atoms with van der Waals surface area (Å²) < 4.78 is 24.8. The second-order valence-corrected chi connectivity index (χ2v) is 8.47. The molecule has 1 aliphatic rings. The first-order chi connectivity index (χ1) is 14.1. The van der Waals surface area contributed by atoms with Gasteiger partial charge in [0, 0.05) is 0 Å². The molecule has 1 fully saturated rings. The zero-order valence-corrected chi connectivity index (χ0v) is 18.5. The summed E-state index contributed by atoms with van der Waals surface area (Å²) in [5.41, 5.74) is 1.27. The van der Waals surface area contributed by atoms with E-state index in [0.717, 1.165) is 22.3 Å². The van der Waals surface area contributed by atoms with Crippen molar-refractivity contribution >= 4 is 11.6 Å². The lowest BCUT2D eigenvalue weighted by Crippen LogP contribution is -2.59. The number of halogens is 1. The quantitative estimate of drug-likeness (QED) is 0.629. The molecule has 0 N–H and O–H groups in total. The van der Waals surface area contributed by atoms with Gasteiger partial charge in [-0.3, -0.25) is 9.59 Å². The van der Waals surface area contributed by atoms with Crippen molar-refractivity contribution in [1.29, 1.82) is 0 Å². The highest BCUT2D eigenvalue weighted by Crippen LogP contribution is 2.42.